The molecule has 0 aromatic heterocycles. The van der Waals surface area contributed by atoms with E-state index < -0.39 is 20.7 Å². The van der Waals surface area contributed by atoms with E-state index in [1.54, 1.807) is 18.2 Å². The summed E-state index contributed by atoms with van der Waals surface area (Å²) in [5, 5.41) is 2.69. The molecule has 0 unspecified atom stereocenters. The Labute approximate surface area is 129 Å². The first-order valence-electron chi connectivity index (χ1n) is 6.86. The third kappa shape index (κ3) is 1.90. The number of sulfonamides is 1. The number of fused-ring (bicyclic) bond motifs is 1. The van der Waals surface area contributed by atoms with Crippen molar-refractivity contribution in [2.75, 3.05) is 33.1 Å². The highest BCUT2D eigenvalue weighted by molar-refractivity contribution is 7.92. The van der Waals surface area contributed by atoms with Gasteiger partial charge in [-0.2, -0.15) is 0 Å². The molecule has 7 nitrogen and oxygen atoms in total. The van der Waals surface area contributed by atoms with Crippen molar-refractivity contribution in [3.05, 3.63) is 18.2 Å². The second-order valence-corrected chi connectivity index (χ2v) is 7.90. The minimum Gasteiger partial charge on any atom is -0.493 e. The Morgan fingerprint density at radius 2 is 2.00 bits per heavy atom. The molecule has 1 saturated carbocycles. The molecule has 120 valence electrons. The van der Waals surface area contributed by atoms with Crippen LogP contribution >= 0.6 is 0 Å². The van der Waals surface area contributed by atoms with E-state index in [4.69, 9.17) is 9.47 Å². The molecule has 1 aromatic rings. The van der Waals surface area contributed by atoms with Gasteiger partial charge in [0.05, 0.1) is 14.2 Å². The average molecular weight is 326 g/mol. The summed E-state index contributed by atoms with van der Waals surface area (Å²) in [5.41, 5.74) is 0.479. The Morgan fingerprint density at radius 1 is 1.32 bits per heavy atom. The SMILES string of the molecule is COc1ccc(NC(=O)[C@]23C[C@H]2CN(C)S3(=O)=O)cc1OC. The molecule has 2 atom stereocenters. The lowest BCUT2D eigenvalue weighted by atomic mass is 10.2. The van der Waals surface area contributed by atoms with Gasteiger partial charge in [0.25, 0.3) is 0 Å². The summed E-state index contributed by atoms with van der Waals surface area (Å²) in [6.45, 7) is 0.404. The van der Waals surface area contributed by atoms with E-state index in [0.717, 1.165) is 0 Å². The van der Waals surface area contributed by atoms with Crippen LogP contribution in [-0.2, 0) is 14.8 Å². The standard InChI is InChI=1S/C14H18N2O5S/c1-16-8-9-7-14(9,22(16,18)19)13(17)15-10-4-5-11(20-2)12(6-10)21-3/h4-6,9H,7-8H2,1-3H3,(H,15,17)/t9-,14-/m0/s1. The maximum absolute atomic E-state index is 12.5. The topological polar surface area (TPSA) is 84.9 Å². The van der Waals surface area contributed by atoms with E-state index in [1.807, 2.05) is 0 Å². The fourth-order valence-electron chi connectivity index (χ4n) is 3.07. The number of rotatable bonds is 4. The normalized spacial score (nSPS) is 28.8. The maximum atomic E-state index is 12.5. The smallest absolute Gasteiger partial charge is 0.247 e. The van der Waals surface area contributed by atoms with Crippen LogP contribution in [0.4, 0.5) is 5.69 Å². The van der Waals surface area contributed by atoms with Crippen LogP contribution < -0.4 is 14.8 Å². The van der Waals surface area contributed by atoms with Gasteiger partial charge in [0, 0.05) is 31.3 Å². The highest BCUT2D eigenvalue weighted by atomic mass is 32.2. The number of nitrogens with zero attached hydrogens (tertiary/aromatic N) is 1. The van der Waals surface area contributed by atoms with Crippen LogP contribution in [0, 0.1) is 5.92 Å². The second kappa shape index (κ2) is 4.85. The fourth-order valence-corrected chi connectivity index (χ4v) is 5.19. The van der Waals surface area contributed by atoms with Crippen molar-refractivity contribution in [1.82, 2.24) is 4.31 Å². The Morgan fingerprint density at radius 3 is 2.55 bits per heavy atom. The third-order valence-corrected chi connectivity index (χ3v) is 7.00. The van der Waals surface area contributed by atoms with Gasteiger partial charge in [-0.15, -0.1) is 0 Å². The minimum atomic E-state index is -3.57. The number of carbonyl (C=O) groups is 1. The maximum Gasteiger partial charge on any atom is 0.247 e. The molecule has 1 N–H and O–H groups in total. The van der Waals surface area contributed by atoms with Crippen LogP contribution in [0.25, 0.3) is 0 Å². The van der Waals surface area contributed by atoms with Crippen LogP contribution in [0.15, 0.2) is 18.2 Å². The quantitative estimate of drug-likeness (QED) is 0.879. The van der Waals surface area contributed by atoms with E-state index >= 15 is 0 Å². The molecule has 8 heteroatoms. The van der Waals surface area contributed by atoms with Crippen LogP contribution in [0.1, 0.15) is 6.42 Å². The van der Waals surface area contributed by atoms with Crippen molar-refractivity contribution in [2.45, 2.75) is 11.2 Å². The monoisotopic (exact) mass is 326 g/mol. The van der Waals surface area contributed by atoms with Gasteiger partial charge in [-0.05, 0) is 18.6 Å². The van der Waals surface area contributed by atoms with Crippen molar-refractivity contribution in [1.29, 1.82) is 0 Å². The third-order valence-electron chi connectivity index (χ3n) is 4.42. The highest BCUT2D eigenvalue weighted by Gasteiger charge is 2.74. The molecule has 1 aliphatic heterocycles. The highest BCUT2D eigenvalue weighted by Crippen LogP contribution is 2.57. The number of hydrogen-bond donors (Lipinski definition) is 1. The molecule has 2 aliphatic rings. The zero-order valence-electron chi connectivity index (χ0n) is 12.6. The number of nitrogens with one attached hydrogen (secondary N) is 1. The summed E-state index contributed by atoms with van der Waals surface area (Å²) < 4.78 is 34.9. The van der Waals surface area contributed by atoms with Crippen LogP contribution in [0.3, 0.4) is 0 Å². The first-order valence-corrected chi connectivity index (χ1v) is 8.30. The summed E-state index contributed by atoms with van der Waals surface area (Å²) in [4.78, 5) is 12.5. The first kappa shape index (κ1) is 15.1. The molecule has 2 fully saturated rings. The van der Waals surface area contributed by atoms with Gasteiger partial charge >= 0.3 is 0 Å². The van der Waals surface area contributed by atoms with Crippen molar-refractivity contribution < 1.29 is 22.7 Å². The summed E-state index contributed by atoms with van der Waals surface area (Å²) >= 11 is 0. The molecule has 1 aliphatic carbocycles. The lowest BCUT2D eigenvalue weighted by Gasteiger charge is -2.17. The van der Waals surface area contributed by atoms with E-state index in [1.165, 1.54) is 25.6 Å². The molecule has 3 rings (SSSR count). The molecular weight excluding hydrogens is 308 g/mol. The number of carbonyl (C=O) groups excluding carboxylic acids is 1. The van der Waals surface area contributed by atoms with Crippen LogP contribution in [-0.4, -0.2) is 51.2 Å². The number of anilines is 1. The molecule has 22 heavy (non-hydrogen) atoms. The van der Waals surface area contributed by atoms with Crippen LogP contribution in [0.5, 0.6) is 11.5 Å². The molecule has 0 spiro atoms. The van der Waals surface area contributed by atoms with Crippen LogP contribution in [0.2, 0.25) is 0 Å². The summed E-state index contributed by atoms with van der Waals surface area (Å²) in [6.07, 6.45) is 0.388. The molecule has 1 amide bonds. The van der Waals surface area contributed by atoms with E-state index in [2.05, 4.69) is 5.32 Å². The summed E-state index contributed by atoms with van der Waals surface area (Å²) in [7, 11) is 0.947. The summed E-state index contributed by atoms with van der Waals surface area (Å²) in [5.74, 6) is 0.407. The predicted octanol–water partition coefficient (Wildman–Crippen LogP) is 0.676. The van der Waals surface area contributed by atoms with Gasteiger partial charge in [-0.3, -0.25) is 4.79 Å². The fraction of sp³-hybridized carbons (Fsp3) is 0.500. The van der Waals surface area contributed by atoms with Gasteiger partial charge in [0.2, 0.25) is 15.9 Å². The second-order valence-electron chi connectivity index (χ2n) is 5.60. The number of methoxy groups -OCH3 is 2. The van der Waals surface area contributed by atoms with E-state index in [-0.39, 0.29) is 5.92 Å². The predicted molar refractivity (Wildman–Crippen MR) is 80.6 cm³/mol. The molecule has 1 heterocycles. The molecule has 0 bridgehead atoms. The zero-order chi connectivity index (χ0) is 16.1. The first-order chi connectivity index (χ1) is 10.4. The number of hydrogen-bond acceptors (Lipinski definition) is 5. The Kier molecular flexibility index (Phi) is 3.33. The van der Waals surface area contributed by atoms with Gasteiger partial charge in [-0.25, -0.2) is 12.7 Å². The Hall–Kier alpha value is -1.80. The van der Waals surface area contributed by atoms with Crippen molar-refractivity contribution >= 4 is 21.6 Å². The molecule has 1 aromatic carbocycles. The zero-order valence-corrected chi connectivity index (χ0v) is 13.4. The molecular formula is C14H18N2O5S. The minimum absolute atomic E-state index is 0.123. The van der Waals surface area contributed by atoms with Gasteiger partial charge < -0.3 is 14.8 Å². The lowest BCUT2D eigenvalue weighted by molar-refractivity contribution is -0.116. The number of amides is 1. The van der Waals surface area contributed by atoms with Crippen molar-refractivity contribution in [2.24, 2.45) is 5.92 Å². The van der Waals surface area contributed by atoms with Gasteiger partial charge in [0.15, 0.2) is 16.2 Å². The molecule has 1 saturated heterocycles. The van der Waals surface area contributed by atoms with Crippen molar-refractivity contribution in [3.8, 4) is 11.5 Å². The summed E-state index contributed by atoms with van der Waals surface area (Å²) in [6, 6.07) is 4.92. The Balaban J connectivity index is 1.85. The van der Waals surface area contributed by atoms with E-state index in [9.17, 15) is 13.2 Å². The largest absolute Gasteiger partial charge is 0.493 e. The van der Waals surface area contributed by atoms with Gasteiger partial charge in [-0.1, -0.05) is 0 Å². The lowest BCUT2D eigenvalue weighted by Crippen LogP contribution is -2.40. The van der Waals surface area contributed by atoms with Crippen molar-refractivity contribution in [3.63, 3.8) is 0 Å². The Bertz CT molecular complexity index is 733. The number of benzene rings is 1. The molecule has 0 radical (unpaired) electrons. The average Bonchev–Trinajstić information content (AvgIpc) is 3.18. The number of ether oxygens (including phenoxy) is 2. The van der Waals surface area contributed by atoms with E-state index in [0.29, 0.717) is 30.2 Å². The van der Waals surface area contributed by atoms with Gasteiger partial charge in [0.1, 0.15) is 0 Å².